The molecule has 5 nitrogen and oxygen atoms in total. The Bertz CT molecular complexity index is 375. The van der Waals surface area contributed by atoms with E-state index in [0.29, 0.717) is 4.47 Å². The molecule has 1 aromatic heterocycles. The van der Waals surface area contributed by atoms with Gasteiger partial charge in [-0.1, -0.05) is 0 Å². The Kier molecular flexibility index (Phi) is 3.89. The molecule has 82 valence electrons. The lowest BCUT2D eigenvalue weighted by atomic mass is 10.4. The summed E-state index contributed by atoms with van der Waals surface area (Å²) >= 11 is 3.00. The Morgan fingerprint density at radius 1 is 1.67 bits per heavy atom. The van der Waals surface area contributed by atoms with Crippen LogP contribution >= 0.6 is 15.9 Å². The lowest BCUT2D eigenvalue weighted by Gasteiger charge is -2.04. The molecule has 0 atom stereocenters. The van der Waals surface area contributed by atoms with Crippen molar-refractivity contribution in [2.45, 2.75) is 6.43 Å². The molecule has 0 saturated heterocycles. The zero-order valence-corrected chi connectivity index (χ0v) is 8.87. The molecule has 0 bridgehead atoms. The molecule has 0 aliphatic rings. The van der Waals surface area contributed by atoms with E-state index in [-0.39, 0.29) is 11.5 Å². The van der Waals surface area contributed by atoms with E-state index in [1.807, 2.05) is 0 Å². The second-order valence-corrected chi connectivity index (χ2v) is 3.47. The van der Waals surface area contributed by atoms with Crippen molar-refractivity contribution in [1.82, 2.24) is 4.98 Å². The second kappa shape index (κ2) is 4.96. The van der Waals surface area contributed by atoms with Crippen LogP contribution in [0.25, 0.3) is 0 Å². The van der Waals surface area contributed by atoms with Gasteiger partial charge in [0.1, 0.15) is 0 Å². The highest BCUT2D eigenvalue weighted by Gasteiger charge is 2.16. The van der Waals surface area contributed by atoms with Crippen molar-refractivity contribution in [2.24, 2.45) is 0 Å². The summed E-state index contributed by atoms with van der Waals surface area (Å²) < 4.78 is 24.1. The molecule has 0 saturated carbocycles. The van der Waals surface area contributed by atoms with Crippen LogP contribution in [-0.4, -0.2) is 22.9 Å². The van der Waals surface area contributed by atoms with Crippen LogP contribution in [0.3, 0.4) is 0 Å². The van der Waals surface area contributed by atoms with Gasteiger partial charge in [-0.2, -0.15) is 0 Å². The Hall–Kier alpha value is -1.31. The van der Waals surface area contributed by atoms with E-state index in [9.17, 15) is 18.9 Å². The predicted molar refractivity (Wildman–Crippen MR) is 53.1 cm³/mol. The molecular weight excluding hydrogens is 276 g/mol. The number of hydrogen-bond acceptors (Lipinski definition) is 4. The van der Waals surface area contributed by atoms with E-state index in [2.05, 4.69) is 26.2 Å². The highest BCUT2D eigenvalue weighted by atomic mass is 79.9. The summed E-state index contributed by atoms with van der Waals surface area (Å²) in [5.74, 6) is -0.163. The zero-order chi connectivity index (χ0) is 11.4. The van der Waals surface area contributed by atoms with Gasteiger partial charge in [0.05, 0.1) is 11.5 Å². The number of alkyl halides is 2. The van der Waals surface area contributed by atoms with Gasteiger partial charge in [-0.05, 0) is 15.9 Å². The van der Waals surface area contributed by atoms with Gasteiger partial charge in [-0.15, -0.1) is 0 Å². The lowest BCUT2D eigenvalue weighted by Crippen LogP contribution is -2.12. The van der Waals surface area contributed by atoms with Crippen LogP contribution in [-0.2, 0) is 0 Å². The number of aromatic nitrogens is 1. The average Bonchev–Trinajstić information content (AvgIpc) is 2.15. The van der Waals surface area contributed by atoms with Gasteiger partial charge < -0.3 is 5.32 Å². The Morgan fingerprint density at radius 3 is 2.87 bits per heavy atom. The third kappa shape index (κ3) is 3.39. The second-order valence-electron chi connectivity index (χ2n) is 2.55. The summed E-state index contributed by atoms with van der Waals surface area (Å²) in [6.07, 6.45) is -1.30. The van der Waals surface area contributed by atoms with Crippen LogP contribution in [0.4, 0.5) is 20.3 Å². The molecule has 0 aliphatic carbocycles. The first-order valence-electron chi connectivity index (χ1n) is 3.82. The molecule has 0 fully saturated rings. The first kappa shape index (κ1) is 11.8. The van der Waals surface area contributed by atoms with Crippen molar-refractivity contribution in [2.75, 3.05) is 11.9 Å². The minimum absolute atomic E-state index is 0.163. The average molecular weight is 282 g/mol. The highest BCUT2D eigenvalue weighted by molar-refractivity contribution is 9.10. The van der Waals surface area contributed by atoms with E-state index >= 15 is 0 Å². The minimum Gasteiger partial charge on any atom is -0.359 e. The molecule has 8 heteroatoms. The monoisotopic (exact) mass is 281 g/mol. The quantitative estimate of drug-likeness (QED) is 0.680. The largest absolute Gasteiger partial charge is 0.359 e. The van der Waals surface area contributed by atoms with Crippen molar-refractivity contribution in [1.29, 1.82) is 0 Å². The van der Waals surface area contributed by atoms with Crippen molar-refractivity contribution < 1.29 is 13.7 Å². The fraction of sp³-hybridized carbons (Fsp3) is 0.286. The number of hydrogen-bond donors (Lipinski definition) is 1. The van der Waals surface area contributed by atoms with Gasteiger partial charge in [-0.3, -0.25) is 10.1 Å². The summed E-state index contributed by atoms with van der Waals surface area (Å²) in [6, 6.07) is 1.20. The van der Waals surface area contributed by atoms with Crippen LogP contribution in [0.1, 0.15) is 0 Å². The first-order chi connectivity index (χ1) is 7.00. The van der Waals surface area contributed by atoms with Gasteiger partial charge >= 0.3 is 5.69 Å². The molecule has 0 aliphatic heterocycles. The summed E-state index contributed by atoms with van der Waals surface area (Å²) in [5.41, 5.74) is -0.343. The first-order valence-corrected chi connectivity index (χ1v) is 4.62. The number of nitrogens with one attached hydrogen (secondary N) is 1. The Morgan fingerprint density at radius 2 is 2.33 bits per heavy atom. The number of anilines is 1. The van der Waals surface area contributed by atoms with E-state index < -0.39 is 17.9 Å². The Balaban J connectivity index is 2.91. The molecule has 1 rings (SSSR count). The third-order valence-corrected chi connectivity index (χ3v) is 1.89. The van der Waals surface area contributed by atoms with E-state index in [1.165, 1.54) is 12.3 Å². The topological polar surface area (TPSA) is 68.1 Å². The third-order valence-electron chi connectivity index (χ3n) is 1.45. The van der Waals surface area contributed by atoms with Crippen molar-refractivity contribution in [3.05, 3.63) is 26.9 Å². The molecular formula is C7H6BrF2N3O2. The predicted octanol–water partition coefficient (Wildman–Crippen LogP) is 2.43. The van der Waals surface area contributed by atoms with Gasteiger partial charge in [0.25, 0.3) is 6.43 Å². The van der Waals surface area contributed by atoms with Gasteiger partial charge in [-0.25, -0.2) is 13.8 Å². The molecule has 0 radical (unpaired) electrons. The van der Waals surface area contributed by atoms with E-state index in [0.717, 1.165) is 0 Å². The summed E-state index contributed by atoms with van der Waals surface area (Å²) in [4.78, 5) is 13.5. The molecule has 1 heterocycles. The molecule has 0 spiro atoms. The number of nitrogens with zero attached hydrogens (tertiary/aromatic N) is 2. The zero-order valence-electron chi connectivity index (χ0n) is 7.28. The fourth-order valence-electron chi connectivity index (χ4n) is 0.878. The van der Waals surface area contributed by atoms with Crippen LogP contribution in [0.5, 0.6) is 0 Å². The Labute approximate surface area is 91.8 Å². The van der Waals surface area contributed by atoms with Crippen molar-refractivity contribution >= 4 is 27.4 Å². The van der Waals surface area contributed by atoms with Crippen molar-refractivity contribution in [3.63, 3.8) is 0 Å². The van der Waals surface area contributed by atoms with Gasteiger partial charge in [0.2, 0.25) is 5.82 Å². The fourth-order valence-corrected chi connectivity index (χ4v) is 1.20. The summed E-state index contributed by atoms with van der Waals surface area (Å²) in [5, 5.41) is 12.7. The van der Waals surface area contributed by atoms with Crippen LogP contribution in [0, 0.1) is 10.1 Å². The molecule has 0 aromatic carbocycles. The molecule has 15 heavy (non-hydrogen) atoms. The summed E-state index contributed by atoms with van der Waals surface area (Å²) in [6.45, 7) is -0.671. The molecule has 1 N–H and O–H groups in total. The maximum absolute atomic E-state index is 11.9. The van der Waals surface area contributed by atoms with Crippen LogP contribution in [0.15, 0.2) is 16.7 Å². The number of rotatable bonds is 4. The van der Waals surface area contributed by atoms with Gasteiger partial charge in [0, 0.05) is 16.7 Å². The molecule has 0 amide bonds. The lowest BCUT2D eigenvalue weighted by molar-refractivity contribution is -0.384. The summed E-state index contributed by atoms with van der Waals surface area (Å²) in [7, 11) is 0. The number of nitro groups is 1. The van der Waals surface area contributed by atoms with E-state index in [1.54, 1.807) is 0 Å². The molecule has 0 unspecified atom stereocenters. The SMILES string of the molecule is O=[N+]([O-])c1cc(Br)cnc1NCC(F)F. The standard InChI is InChI=1S/C7H6BrF2N3O2/c8-4-1-5(13(14)15)7(11-2-4)12-3-6(9)10/h1-2,6H,3H2,(H,11,12). The van der Waals surface area contributed by atoms with Crippen LogP contribution in [0.2, 0.25) is 0 Å². The van der Waals surface area contributed by atoms with E-state index in [4.69, 9.17) is 0 Å². The van der Waals surface area contributed by atoms with Gasteiger partial charge in [0.15, 0.2) is 0 Å². The minimum atomic E-state index is -2.59. The van der Waals surface area contributed by atoms with Crippen LogP contribution < -0.4 is 5.32 Å². The highest BCUT2D eigenvalue weighted by Crippen LogP contribution is 2.25. The number of halogens is 3. The maximum Gasteiger partial charge on any atom is 0.312 e. The molecule has 1 aromatic rings. The number of pyridine rings is 1. The van der Waals surface area contributed by atoms with Crippen molar-refractivity contribution in [3.8, 4) is 0 Å². The maximum atomic E-state index is 11.9. The smallest absolute Gasteiger partial charge is 0.312 e. The normalized spacial score (nSPS) is 10.4.